The first-order valence-electron chi connectivity index (χ1n) is 8.40. The van der Waals surface area contributed by atoms with E-state index in [0.717, 1.165) is 12.1 Å². The number of rotatable bonds is 5. The van der Waals surface area contributed by atoms with Gasteiger partial charge in [0.05, 0.1) is 11.9 Å². The number of aromatic nitrogens is 1. The van der Waals surface area contributed by atoms with Gasteiger partial charge in [0.25, 0.3) is 5.91 Å². The van der Waals surface area contributed by atoms with Gasteiger partial charge in [0.1, 0.15) is 5.69 Å². The molecule has 6 nitrogen and oxygen atoms in total. The molecule has 0 bridgehead atoms. The summed E-state index contributed by atoms with van der Waals surface area (Å²) in [6.45, 7) is 5.02. The van der Waals surface area contributed by atoms with Crippen molar-refractivity contribution in [3.8, 4) is 0 Å². The number of aryl methyl sites for hydroxylation is 1. The molecule has 0 aliphatic carbocycles. The lowest BCUT2D eigenvalue weighted by Gasteiger charge is -2.32. The van der Waals surface area contributed by atoms with Crippen molar-refractivity contribution in [1.82, 2.24) is 14.8 Å². The molecule has 2 amide bonds. The normalized spacial score (nSPS) is 14.3. The largest absolute Gasteiger partial charge is 0.380 e. The van der Waals surface area contributed by atoms with E-state index in [4.69, 9.17) is 0 Å². The van der Waals surface area contributed by atoms with Gasteiger partial charge >= 0.3 is 0 Å². The lowest BCUT2D eigenvalue weighted by Crippen LogP contribution is -2.48. The molecule has 0 atom stereocenters. The fourth-order valence-electron chi connectivity index (χ4n) is 2.73. The molecule has 1 saturated heterocycles. The number of carbonyl (C=O) groups is 2. The van der Waals surface area contributed by atoms with E-state index in [-0.39, 0.29) is 5.91 Å². The Morgan fingerprint density at radius 2 is 1.84 bits per heavy atom. The summed E-state index contributed by atoms with van der Waals surface area (Å²) in [5.74, 6) is -0.0874. The second kappa shape index (κ2) is 7.79. The number of piperazine rings is 1. The van der Waals surface area contributed by atoms with Gasteiger partial charge in [-0.05, 0) is 24.6 Å². The maximum absolute atomic E-state index is 12.5. The first-order chi connectivity index (χ1) is 12.2. The molecule has 130 valence electrons. The van der Waals surface area contributed by atoms with Gasteiger partial charge in [0, 0.05) is 32.7 Å². The van der Waals surface area contributed by atoms with E-state index < -0.39 is 0 Å². The van der Waals surface area contributed by atoms with Crippen molar-refractivity contribution in [2.45, 2.75) is 13.5 Å². The smallest absolute Gasteiger partial charge is 0.272 e. The van der Waals surface area contributed by atoms with Crippen molar-refractivity contribution >= 4 is 18.0 Å². The zero-order chi connectivity index (χ0) is 17.6. The highest BCUT2D eigenvalue weighted by Gasteiger charge is 2.21. The van der Waals surface area contributed by atoms with Gasteiger partial charge in [-0.15, -0.1) is 0 Å². The van der Waals surface area contributed by atoms with Crippen molar-refractivity contribution in [3.05, 3.63) is 59.4 Å². The van der Waals surface area contributed by atoms with Crippen LogP contribution in [0.5, 0.6) is 0 Å². The molecular formula is C19H22N4O2. The molecule has 1 aromatic heterocycles. The van der Waals surface area contributed by atoms with Crippen LogP contribution in [0.2, 0.25) is 0 Å². The number of nitrogens with zero attached hydrogens (tertiary/aromatic N) is 3. The molecule has 2 heterocycles. The summed E-state index contributed by atoms with van der Waals surface area (Å²) in [5, 5.41) is 3.31. The molecule has 1 aromatic carbocycles. The summed E-state index contributed by atoms with van der Waals surface area (Å²) in [4.78, 5) is 30.9. The van der Waals surface area contributed by atoms with Crippen LogP contribution in [0.1, 0.15) is 21.6 Å². The van der Waals surface area contributed by atoms with Gasteiger partial charge in [-0.3, -0.25) is 9.59 Å². The van der Waals surface area contributed by atoms with E-state index in [9.17, 15) is 9.59 Å². The number of hydrogen-bond acceptors (Lipinski definition) is 4. The molecule has 3 rings (SSSR count). The standard InChI is InChI=1S/C19H22N4O2/c1-15-2-4-16(5-3-15)12-20-17-6-7-18(21-13-17)19(25)23-10-8-22(14-24)9-11-23/h2-7,13-14,20H,8-12H2,1H3. The van der Waals surface area contributed by atoms with Crippen molar-refractivity contribution in [3.63, 3.8) is 0 Å². The Morgan fingerprint density at radius 3 is 2.44 bits per heavy atom. The second-order valence-electron chi connectivity index (χ2n) is 6.20. The quantitative estimate of drug-likeness (QED) is 0.846. The zero-order valence-corrected chi connectivity index (χ0v) is 14.3. The molecule has 6 heteroatoms. The van der Waals surface area contributed by atoms with Gasteiger partial charge in [0.2, 0.25) is 6.41 Å². The fraction of sp³-hybridized carbons (Fsp3) is 0.316. The van der Waals surface area contributed by atoms with Crippen LogP contribution in [0.4, 0.5) is 5.69 Å². The van der Waals surface area contributed by atoms with E-state index >= 15 is 0 Å². The minimum atomic E-state index is -0.0874. The first kappa shape index (κ1) is 17.0. The third kappa shape index (κ3) is 4.35. The van der Waals surface area contributed by atoms with Crippen LogP contribution in [0.15, 0.2) is 42.6 Å². The number of carbonyl (C=O) groups excluding carboxylic acids is 2. The molecule has 0 radical (unpaired) electrons. The van der Waals surface area contributed by atoms with Crippen molar-refractivity contribution < 1.29 is 9.59 Å². The van der Waals surface area contributed by atoms with Gasteiger partial charge in [-0.25, -0.2) is 4.98 Å². The summed E-state index contributed by atoms with van der Waals surface area (Å²) in [6.07, 6.45) is 2.51. The monoisotopic (exact) mass is 338 g/mol. The van der Waals surface area contributed by atoms with Gasteiger partial charge in [0.15, 0.2) is 0 Å². The molecule has 1 aliphatic heterocycles. The highest BCUT2D eigenvalue weighted by atomic mass is 16.2. The molecule has 1 fully saturated rings. The molecule has 0 spiro atoms. The fourth-order valence-corrected chi connectivity index (χ4v) is 2.73. The van der Waals surface area contributed by atoms with E-state index in [0.29, 0.717) is 38.4 Å². The van der Waals surface area contributed by atoms with Crippen LogP contribution >= 0.6 is 0 Å². The van der Waals surface area contributed by atoms with E-state index in [1.54, 1.807) is 22.1 Å². The third-order valence-corrected chi connectivity index (χ3v) is 4.35. The summed E-state index contributed by atoms with van der Waals surface area (Å²) < 4.78 is 0. The Labute approximate surface area is 147 Å². The average molecular weight is 338 g/mol. The lowest BCUT2D eigenvalue weighted by molar-refractivity contribution is -0.119. The maximum atomic E-state index is 12.5. The molecular weight excluding hydrogens is 316 g/mol. The second-order valence-corrected chi connectivity index (χ2v) is 6.20. The topological polar surface area (TPSA) is 65.5 Å². The summed E-state index contributed by atoms with van der Waals surface area (Å²) in [5.41, 5.74) is 3.74. The van der Waals surface area contributed by atoms with Gasteiger partial charge in [-0.1, -0.05) is 29.8 Å². The predicted octanol–water partition coefficient (Wildman–Crippen LogP) is 1.92. The first-order valence-corrected chi connectivity index (χ1v) is 8.40. The molecule has 0 unspecified atom stereocenters. The van der Waals surface area contributed by atoms with Crippen LogP contribution in [-0.2, 0) is 11.3 Å². The molecule has 0 saturated carbocycles. The van der Waals surface area contributed by atoms with E-state index in [1.165, 1.54) is 11.1 Å². The van der Waals surface area contributed by atoms with Gasteiger partial charge in [-0.2, -0.15) is 0 Å². The number of benzene rings is 1. The number of hydrogen-bond donors (Lipinski definition) is 1. The minimum absolute atomic E-state index is 0.0874. The summed E-state index contributed by atoms with van der Waals surface area (Å²) >= 11 is 0. The van der Waals surface area contributed by atoms with Crippen LogP contribution in [0.3, 0.4) is 0 Å². The minimum Gasteiger partial charge on any atom is -0.380 e. The Balaban J connectivity index is 1.55. The zero-order valence-electron chi connectivity index (χ0n) is 14.3. The Kier molecular flexibility index (Phi) is 5.28. The highest BCUT2D eigenvalue weighted by molar-refractivity contribution is 5.92. The summed E-state index contributed by atoms with van der Waals surface area (Å²) in [6, 6.07) is 12.0. The molecule has 1 N–H and O–H groups in total. The number of anilines is 1. The maximum Gasteiger partial charge on any atom is 0.272 e. The number of pyridine rings is 1. The Hall–Kier alpha value is -2.89. The van der Waals surface area contributed by atoms with Crippen LogP contribution in [0, 0.1) is 6.92 Å². The van der Waals surface area contributed by atoms with Crippen molar-refractivity contribution in [2.24, 2.45) is 0 Å². The van der Waals surface area contributed by atoms with Crippen LogP contribution in [-0.4, -0.2) is 53.3 Å². The third-order valence-electron chi connectivity index (χ3n) is 4.35. The molecule has 2 aromatic rings. The van der Waals surface area contributed by atoms with Crippen LogP contribution < -0.4 is 5.32 Å². The van der Waals surface area contributed by atoms with Crippen LogP contribution in [0.25, 0.3) is 0 Å². The van der Waals surface area contributed by atoms with E-state index in [1.807, 2.05) is 6.07 Å². The average Bonchev–Trinajstić information content (AvgIpc) is 2.67. The lowest BCUT2D eigenvalue weighted by atomic mass is 10.1. The summed E-state index contributed by atoms with van der Waals surface area (Å²) in [7, 11) is 0. The molecule has 25 heavy (non-hydrogen) atoms. The predicted molar refractivity (Wildman–Crippen MR) is 96.3 cm³/mol. The van der Waals surface area contributed by atoms with E-state index in [2.05, 4.69) is 41.5 Å². The van der Waals surface area contributed by atoms with Gasteiger partial charge < -0.3 is 15.1 Å². The number of nitrogens with one attached hydrogen (secondary N) is 1. The number of amides is 2. The van der Waals surface area contributed by atoms with Crippen molar-refractivity contribution in [2.75, 3.05) is 31.5 Å². The highest BCUT2D eigenvalue weighted by Crippen LogP contribution is 2.12. The molecule has 1 aliphatic rings. The Morgan fingerprint density at radius 1 is 1.12 bits per heavy atom. The SMILES string of the molecule is Cc1ccc(CNc2ccc(C(=O)N3CCN(C=O)CC3)nc2)cc1. The van der Waals surface area contributed by atoms with Crippen molar-refractivity contribution in [1.29, 1.82) is 0 Å². The Bertz CT molecular complexity index is 720.